The Hall–Kier alpha value is -0.0100. The Labute approximate surface area is 47.9 Å². The van der Waals surface area contributed by atoms with Gasteiger partial charge in [0.25, 0.3) is 0 Å². The van der Waals surface area contributed by atoms with Crippen LogP contribution in [0.5, 0.6) is 0 Å². The van der Waals surface area contributed by atoms with Gasteiger partial charge in [0.1, 0.15) is 0 Å². The normalized spacial score (nSPS) is 30.7. The summed E-state index contributed by atoms with van der Waals surface area (Å²) in [6.07, 6.45) is 3.88. The summed E-state index contributed by atoms with van der Waals surface area (Å²) in [4.78, 5) is 0. The molecule has 0 aromatic heterocycles. The Bertz CT molecular complexity index is 80.1. The molecule has 2 heteroatoms. The average Bonchev–Trinajstić information content (AvgIpc) is 1.69. The van der Waals surface area contributed by atoms with Crippen LogP contribution in [0.4, 0.5) is 0 Å². The maximum Gasteiger partial charge on any atom is 0.0750 e. The molecule has 0 aromatic rings. The van der Waals surface area contributed by atoms with Gasteiger partial charge in [-0.3, -0.25) is 0 Å². The second kappa shape index (κ2) is 2.34. The van der Waals surface area contributed by atoms with Crippen LogP contribution in [0.1, 0.15) is 0 Å². The number of ether oxygens (including phenoxy) is 1. The second-order valence-corrected chi connectivity index (χ2v) is 2.04. The maximum absolute atomic E-state index is 5.60. The monoisotopic (exact) mass is 118 g/mol. The van der Waals surface area contributed by atoms with E-state index in [9.17, 15) is 0 Å². The molecule has 7 heavy (non-hydrogen) atoms. The third kappa shape index (κ3) is 1.49. The standard InChI is InChI=1S/C5H7ClO/c6-5-2-1-3-7-4-5/h1-2,5H,3-4H2. The molecule has 0 aliphatic carbocycles. The lowest BCUT2D eigenvalue weighted by Gasteiger charge is -2.08. The Morgan fingerprint density at radius 3 is 2.86 bits per heavy atom. The molecule has 0 fully saturated rings. The number of hydrogen-bond acceptors (Lipinski definition) is 1. The van der Waals surface area contributed by atoms with Gasteiger partial charge in [-0.25, -0.2) is 0 Å². The molecule has 1 unspecified atom stereocenters. The molecular weight excluding hydrogens is 112 g/mol. The highest BCUT2D eigenvalue weighted by molar-refractivity contribution is 6.21. The Morgan fingerprint density at radius 1 is 1.71 bits per heavy atom. The van der Waals surface area contributed by atoms with Crippen LogP contribution in [0.3, 0.4) is 0 Å². The molecule has 1 nitrogen and oxygen atoms in total. The minimum Gasteiger partial charge on any atom is -0.376 e. The average molecular weight is 119 g/mol. The lowest BCUT2D eigenvalue weighted by molar-refractivity contribution is 0.160. The lowest BCUT2D eigenvalue weighted by Crippen LogP contribution is -2.10. The van der Waals surface area contributed by atoms with Crippen LogP contribution in [-0.2, 0) is 4.74 Å². The zero-order valence-electron chi connectivity index (χ0n) is 3.93. The van der Waals surface area contributed by atoms with Crippen LogP contribution < -0.4 is 0 Å². The predicted octanol–water partition coefficient (Wildman–Crippen LogP) is 1.18. The molecule has 0 amide bonds. The van der Waals surface area contributed by atoms with Crippen molar-refractivity contribution in [3.8, 4) is 0 Å². The molecular formula is C5H7ClO. The van der Waals surface area contributed by atoms with E-state index in [4.69, 9.17) is 16.3 Å². The van der Waals surface area contributed by atoms with E-state index in [2.05, 4.69) is 0 Å². The fourth-order valence-electron chi connectivity index (χ4n) is 0.507. The Kier molecular flexibility index (Phi) is 1.71. The zero-order chi connectivity index (χ0) is 5.11. The molecule has 1 heterocycles. The van der Waals surface area contributed by atoms with E-state index >= 15 is 0 Å². The summed E-state index contributed by atoms with van der Waals surface area (Å²) in [6.45, 7) is 1.39. The van der Waals surface area contributed by atoms with Crippen molar-refractivity contribution in [1.82, 2.24) is 0 Å². The van der Waals surface area contributed by atoms with Crippen molar-refractivity contribution in [2.24, 2.45) is 0 Å². The number of rotatable bonds is 0. The molecule has 1 aliphatic rings. The van der Waals surface area contributed by atoms with Gasteiger partial charge in [0.15, 0.2) is 0 Å². The van der Waals surface area contributed by atoms with Crippen LogP contribution in [0.15, 0.2) is 12.2 Å². The molecule has 0 saturated heterocycles. The van der Waals surface area contributed by atoms with Crippen LogP contribution in [0, 0.1) is 0 Å². The largest absolute Gasteiger partial charge is 0.376 e. The Balaban J connectivity index is 2.36. The molecule has 0 spiro atoms. The van der Waals surface area contributed by atoms with Gasteiger partial charge in [0.05, 0.1) is 18.6 Å². The number of alkyl halides is 1. The third-order valence-corrected chi connectivity index (χ3v) is 1.11. The van der Waals surface area contributed by atoms with Crippen molar-refractivity contribution in [3.05, 3.63) is 12.2 Å². The van der Waals surface area contributed by atoms with Crippen molar-refractivity contribution in [3.63, 3.8) is 0 Å². The number of hydrogen-bond donors (Lipinski definition) is 0. The second-order valence-electron chi connectivity index (χ2n) is 1.48. The summed E-state index contributed by atoms with van der Waals surface area (Å²) >= 11 is 5.60. The third-order valence-electron chi connectivity index (χ3n) is 0.836. The van der Waals surface area contributed by atoms with Gasteiger partial charge < -0.3 is 4.74 Å². The van der Waals surface area contributed by atoms with Gasteiger partial charge in [-0.1, -0.05) is 12.2 Å². The summed E-state index contributed by atoms with van der Waals surface area (Å²) in [5.41, 5.74) is 0. The van der Waals surface area contributed by atoms with Crippen molar-refractivity contribution >= 4 is 11.6 Å². The van der Waals surface area contributed by atoms with E-state index in [-0.39, 0.29) is 5.38 Å². The smallest absolute Gasteiger partial charge is 0.0750 e. The molecule has 0 saturated carbocycles. The van der Waals surface area contributed by atoms with E-state index in [0.29, 0.717) is 6.61 Å². The van der Waals surface area contributed by atoms with Gasteiger partial charge in [-0.15, -0.1) is 11.6 Å². The minimum absolute atomic E-state index is 0.105. The van der Waals surface area contributed by atoms with E-state index in [1.807, 2.05) is 12.2 Å². The topological polar surface area (TPSA) is 9.23 Å². The zero-order valence-corrected chi connectivity index (χ0v) is 4.69. The first-order valence-corrected chi connectivity index (χ1v) is 2.72. The number of halogens is 1. The lowest BCUT2D eigenvalue weighted by atomic mass is 10.3. The van der Waals surface area contributed by atoms with Crippen molar-refractivity contribution in [2.45, 2.75) is 5.38 Å². The quantitative estimate of drug-likeness (QED) is 0.343. The van der Waals surface area contributed by atoms with E-state index < -0.39 is 0 Å². The molecule has 0 N–H and O–H groups in total. The van der Waals surface area contributed by atoms with Crippen molar-refractivity contribution in [1.29, 1.82) is 0 Å². The first kappa shape index (κ1) is 5.13. The summed E-state index contributed by atoms with van der Waals surface area (Å²) in [5.74, 6) is 0. The van der Waals surface area contributed by atoms with E-state index in [0.717, 1.165) is 6.61 Å². The molecule has 1 atom stereocenters. The highest BCUT2D eigenvalue weighted by Gasteiger charge is 2.01. The fraction of sp³-hybridized carbons (Fsp3) is 0.600. The molecule has 1 aliphatic heterocycles. The molecule has 40 valence electrons. The van der Waals surface area contributed by atoms with Crippen LogP contribution >= 0.6 is 11.6 Å². The Morgan fingerprint density at radius 2 is 2.57 bits per heavy atom. The SMILES string of the molecule is ClC1C=CCOC1. The molecule has 1 rings (SSSR count). The molecule has 0 aromatic carbocycles. The highest BCUT2D eigenvalue weighted by Crippen LogP contribution is 2.02. The highest BCUT2D eigenvalue weighted by atomic mass is 35.5. The maximum atomic E-state index is 5.60. The minimum atomic E-state index is 0.105. The van der Waals surface area contributed by atoms with Crippen molar-refractivity contribution in [2.75, 3.05) is 13.2 Å². The first-order valence-electron chi connectivity index (χ1n) is 2.28. The van der Waals surface area contributed by atoms with Crippen LogP contribution in [0.25, 0.3) is 0 Å². The van der Waals surface area contributed by atoms with Gasteiger partial charge in [0.2, 0.25) is 0 Å². The van der Waals surface area contributed by atoms with Crippen LogP contribution in [-0.4, -0.2) is 18.6 Å². The van der Waals surface area contributed by atoms with Gasteiger partial charge in [0, 0.05) is 0 Å². The predicted molar refractivity (Wildman–Crippen MR) is 29.6 cm³/mol. The fourth-order valence-corrected chi connectivity index (χ4v) is 0.699. The van der Waals surface area contributed by atoms with Gasteiger partial charge >= 0.3 is 0 Å². The summed E-state index contributed by atoms with van der Waals surface area (Å²) < 4.78 is 4.96. The van der Waals surface area contributed by atoms with Crippen molar-refractivity contribution < 1.29 is 4.74 Å². The summed E-state index contributed by atoms with van der Waals surface area (Å²) in [6, 6.07) is 0. The van der Waals surface area contributed by atoms with Gasteiger partial charge in [-0.2, -0.15) is 0 Å². The van der Waals surface area contributed by atoms with E-state index in [1.54, 1.807) is 0 Å². The summed E-state index contributed by atoms with van der Waals surface area (Å²) in [7, 11) is 0. The van der Waals surface area contributed by atoms with Gasteiger partial charge in [-0.05, 0) is 0 Å². The first-order chi connectivity index (χ1) is 3.39. The van der Waals surface area contributed by atoms with E-state index in [1.165, 1.54) is 0 Å². The summed E-state index contributed by atoms with van der Waals surface area (Å²) in [5, 5.41) is 0.105. The molecule has 0 bridgehead atoms. The van der Waals surface area contributed by atoms with Crippen LogP contribution in [0.2, 0.25) is 0 Å². The molecule has 0 radical (unpaired) electrons.